The molecule has 2 amide bonds. The van der Waals surface area contributed by atoms with Gasteiger partial charge in [-0.2, -0.15) is 0 Å². The molecular weight excluding hydrogens is 268 g/mol. The van der Waals surface area contributed by atoms with E-state index in [4.69, 9.17) is 0 Å². The first kappa shape index (κ1) is 15.4. The van der Waals surface area contributed by atoms with Crippen LogP contribution in [0.4, 0.5) is 4.79 Å². The van der Waals surface area contributed by atoms with Crippen LogP contribution in [0.15, 0.2) is 24.3 Å². The minimum atomic E-state index is -0.403. The predicted molar refractivity (Wildman–Crippen MR) is 80.0 cm³/mol. The number of likely N-dealkylation sites (tertiary alicyclic amines) is 1. The topological polar surface area (TPSA) is 58.6 Å². The largest absolute Gasteiger partial charge is 0.453 e. The number of ether oxygens (including phenoxy) is 1. The van der Waals surface area contributed by atoms with E-state index in [2.05, 4.69) is 10.1 Å². The summed E-state index contributed by atoms with van der Waals surface area (Å²) in [5.41, 5.74) is 2.22. The van der Waals surface area contributed by atoms with Crippen LogP contribution in [0.2, 0.25) is 0 Å². The number of alkyl carbamates (subject to hydrolysis) is 1. The lowest BCUT2D eigenvalue weighted by molar-refractivity contribution is -0.131. The van der Waals surface area contributed by atoms with E-state index >= 15 is 0 Å². The lowest BCUT2D eigenvalue weighted by Crippen LogP contribution is -2.46. The van der Waals surface area contributed by atoms with Crippen LogP contribution >= 0.6 is 0 Å². The van der Waals surface area contributed by atoms with Crippen LogP contribution in [0.3, 0.4) is 0 Å². The van der Waals surface area contributed by atoms with Gasteiger partial charge < -0.3 is 15.0 Å². The Kier molecular flexibility index (Phi) is 5.20. The van der Waals surface area contributed by atoms with E-state index in [1.165, 1.54) is 12.7 Å². The fraction of sp³-hybridized carbons (Fsp3) is 0.500. The minimum Gasteiger partial charge on any atom is -0.453 e. The van der Waals surface area contributed by atoms with E-state index < -0.39 is 6.09 Å². The maximum atomic E-state index is 12.3. The van der Waals surface area contributed by atoms with Crippen molar-refractivity contribution in [1.29, 1.82) is 0 Å². The summed E-state index contributed by atoms with van der Waals surface area (Å²) in [4.78, 5) is 25.3. The summed E-state index contributed by atoms with van der Waals surface area (Å²) in [6.45, 7) is 3.39. The van der Waals surface area contributed by atoms with Gasteiger partial charge in [-0.1, -0.05) is 29.8 Å². The van der Waals surface area contributed by atoms with Gasteiger partial charge in [0.1, 0.15) is 0 Å². The van der Waals surface area contributed by atoms with Crippen LogP contribution in [0.25, 0.3) is 0 Å². The molecule has 1 aromatic carbocycles. The van der Waals surface area contributed by atoms with Crippen molar-refractivity contribution in [3.8, 4) is 0 Å². The SMILES string of the molecule is COC(=O)NC1CCN(C(=O)Cc2cccc(C)c2)CC1. The molecule has 1 fully saturated rings. The number of benzene rings is 1. The molecule has 1 aliphatic rings. The van der Waals surface area contributed by atoms with Crippen molar-refractivity contribution >= 4 is 12.0 Å². The van der Waals surface area contributed by atoms with Crippen molar-refractivity contribution in [2.24, 2.45) is 0 Å². The molecular formula is C16H22N2O3. The molecule has 0 spiro atoms. The van der Waals surface area contributed by atoms with Gasteiger partial charge in [0.05, 0.1) is 13.5 Å². The van der Waals surface area contributed by atoms with Crippen LogP contribution in [-0.2, 0) is 16.0 Å². The Bertz CT molecular complexity index is 508. The number of hydrogen-bond acceptors (Lipinski definition) is 3. The number of aryl methyl sites for hydroxylation is 1. The second-order valence-electron chi connectivity index (χ2n) is 5.46. The van der Waals surface area contributed by atoms with Gasteiger partial charge in [-0.3, -0.25) is 4.79 Å². The van der Waals surface area contributed by atoms with Crippen LogP contribution in [0.5, 0.6) is 0 Å². The van der Waals surface area contributed by atoms with Gasteiger partial charge in [0.2, 0.25) is 5.91 Å². The summed E-state index contributed by atoms with van der Waals surface area (Å²) in [6, 6.07) is 8.13. The Morgan fingerprint density at radius 1 is 1.33 bits per heavy atom. The maximum absolute atomic E-state index is 12.3. The fourth-order valence-electron chi connectivity index (χ4n) is 2.61. The molecule has 0 radical (unpaired) electrons. The first-order chi connectivity index (χ1) is 10.1. The Labute approximate surface area is 125 Å². The molecule has 0 saturated carbocycles. The van der Waals surface area contributed by atoms with Gasteiger partial charge in [-0.25, -0.2) is 4.79 Å². The van der Waals surface area contributed by atoms with Gasteiger partial charge in [-0.05, 0) is 25.3 Å². The maximum Gasteiger partial charge on any atom is 0.407 e. The third-order valence-electron chi connectivity index (χ3n) is 3.79. The summed E-state index contributed by atoms with van der Waals surface area (Å²) in [6.07, 6.45) is 1.58. The van der Waals surface area contributed by atoms with E-state index in [1.54, 1.807) is 0 Å². The molecule has 0 unspecified atom stereocenters. The molecule has 0 bridgehead atoms. The smallest absolute Gasteiger partial charge is 0.407 e. The van der Waals surface area contributed by atoms with E-state index in [1.807, 2.05) is 36.1 Å². The zero-order chi connectivity index (χ0) is 15.2. The molecule has 1 saturated heterocycles. The number of hydrogen-bond donors (Lipinski definition) is 1. The number of amides is 2. The van der Waals surface area contributed by atoms with Crippen molar-refractivity contribution in [3.05, 3.63) is 35.4 Å². The highest BCUT2D eigenvalue weighted by Crippen LogP contribution is 2.13. The molecule has 1 heterocycles. The molecule has 5 nitrogen and oxygen atoms in total. The van der Waals surface area contributed by atoms with E-state index in [0.29, 0.717) is 19.5 Å². The highest BCUT2D eigenvalue weighted by Gasteiger charge is 2.23. The van der Waals surface area contributed by atoms with E-state index in [9.17, 15) is 9.59 Å². The molecule has 21 heavy (non-hydrogen) atoms. The summed E-state index contributed by atoms with van der Waals surface area (Å²) < 4.78 is 4.59. The third-order valence-corrected chi connectivity index (χ3v) is 3.79. The Morgan fingerprint density at radius 2 is 2.05 bits per heavy atom. The second kappa shape index (κ2) is 7.11. The molecule has 0 aromatic heterocycles. The third kappa shape index (κ3) is 4.48. The van der Waals surface area contributed by atoms with Crippen LogP contribution < -0.4 is 5.32 Å². The molecule has 1 N–H and O–H groups in total. The highest BCUT2D eigenvalue weighted by atomic mass is 16.5. The average Bonchev–Trinajstić information content (AvgIpc) is 2.47. The highest BCUT2D eigenvalue weighted by molar-refractivity contribution is 5.79. The molecule has 2 rings (SSSR count). The van der Waals surface area contributed by atoms with Crippen molar-refractivity contribution in [3.63, 3.8) is 0 Å². The zero-order valence-corrected chi connectivity index (χ0v) is 12.6. The summed E-state index contributed by atoms with van der Waals surface area (Å²) in [7, 11) is 1.36. The van der Waals surface area contributed by atoms with Gasteiger partial charge in [0.15, 0.2) is 0 Å². The number of nitrogens with one attached hydrogen (secondary N) is 1. The number of carbonyl (C=O) groups excluding carboxylic acids is 2. The minimum absolute atomic E-state index is 0.0977. The first-order valence-electron chi connectivity index (χ1n) is 7.26. The normalized spacial score (nSPS) is 15.6. The number of methoxy groups -OCH3 is 1. The molecule has 5 heteroatoms. The van der Waals surface area contributed by atoms with Gasteiger partial charge in [-0.15, -0.1) is 0 Å². The number of carbonyl (C=O) groups is 2. The first-order valence-corrected chi connectivity index (χ1v) is 7.26. The summed E-state index contributed by atoms with van der Waals surface area (Å²) >= 11 is 0. The lowest BCUT2D eigenvalue weighted by Gasteiger charge is -2.32. The molecule has 1 aliphatic heterocycles. The summed E-state index contributed by atoms with van der Waals surface area (Å²) in [5, 5.41) is 2.79. The fourth-order valence-corrected chi connectivity index (χ4v) is 2.61. The average molecular weight is 290 g/mol. The zero-order valence-electron chi connectivity index (χ0n) is 12.6. The number of rotatable bonds is 3. The van der Waals surface area contributed by atoms with E-state index in [0.717, 1.165) is 18.4 Å². The van der Waals surface area contributed by atoms with Crippen LogP contribution in [0.1, 0.15) is 24.0 Å². The van der Waals surface area contributed by atoms with Crippen molar-refractivity contribution in [2.45, 2.75) is 32.2 Å². The van der Waals surface area contributed by atoms with Gasteiger partial charge >= 0.3 is 6.09 Å². The monoisotopic (exact) mass is 290 g/mol. The summed E-state index contributed by atoms with van der Waals surface area (Å²) in [5.74, 6) is 0.150. The van der Waals surface area contributed by atoms with Gasteiger partial charge in [0, 0.05) is 19.1 Å². The molecule has 0 atom stereocenters. The van der Waals surface area contributed by atoms with Gasteiger partial charge in [0.25, 0.3) is 0 Å². The van der Waals surface area contributed by atoms with E-state index in [-0.39, 0.29) is 11.9 Å². The quantitative estimate of drug-likeness (QED) is 0.924. The number of piperidine rings is 1. The second-order valence-corrected chi connectivity index (χ2v) is 5.46. The molecule has 0 aliphatic carbocycles. The van der Waals surface area contributed by atoms with Crippen molar-refractivity contribution < 1.29 is 14.3 Å². The Hall–Kier alpha value is -2.04. The standard InChI is InChI=1S/C16H22N2O3/c1-12-4-3-5-13(10-12)11-15(19)18-8-6-14(7-9-18)17-16(20)21-2/h3-5,10,14H,6-9,11H2,1-2H3,(H,17,20). The predicted octanol–water partition coefficient (Wildman–Crippen LogP) is 1.88. The van der Waals surface area contributed by atoms with Crippen LogP contribution in [-0.4, -0.2) is 43.1 Å². The Morgan fingerprint density at radius 3 is 2.67 bits per heavy atom. The Balaban J connectivity index is 1.82. The number of nitrogens with zero attached hydrogens (tertiary/aromatic N) is 1. The molecule has 1 aromatic rings. The van der Waals surface area contributed by atoms with Crippen LogP contribution in [0, 0.1) is 6.92 Å². The molecule has 114 valence electrons. The van der Waals surface area contributed by atoms with Crippen molar-refractivity contribution in [2.75, 3.05) is 20.2 Å². The van der Waals surface area contributed by atoms with Crippen molar-refractivity contribution in [1.82, 2.24) is 10.2 Å². The lowest BCUT2D eigenvalue weighted by atomic mass is 10.0.